The maximum atomic E-state index is 11.9. The molecule has 1 rings (SSSR count). The Kier molecular flexibility index (Phi) is 4.93. The molecule has 1 saturated heterocycles. The van der Waals surface area contributed by atoms with E-state index in [2.05, 4.69) is 5.32 Å². The van der Waals surface area contributed by atoms with Gasteiger partial charge in [-0.05, 0) is 32.6 Å². The number of nitrogens with one attached hydrogen (secondary N) is 1. The van der Waals surface area contributed by atoms with Crippen molar-refractivity contribution in [3.05, 3.63) is 0 Å². The average molecular weight is 243 g/mol. The lowest BCUT2D eigenvalue weighted by Gasteiger charge is -2.29. The van der Waals surface area contributed by atoms with Crippen LogP contribution < -0.4 is 5.32 Å². The molecule has 1 heterocycles. The van der Waals surface area contributed by atoms with Gasteiger partial charge in [0.1, 0.15) is 11.6 Å². The van der Waals surface area contributed by atoms with Crippen LogP contribution in [0.25, 0.3) is 0 Å². The number of amides is 1. The summed E-state index contributed by atoms with van der Waals surface area (Å²) in [5, 5.41) is 11.8. The molecule has 1 aliphatic heterocycles. The van der Waals surface area contributed by atoms with E-state index in [9.17, 15) is 9.59 Å². The van der Waals surface area contributed by atoms with Gasteiger partial charge in [0.05, 0.1) is 0 Å². The zero-order valence-corrected chi connectivity index (χ0v) is 10.5. The van der Waals surface area contributed by atoms with E-state index in [-0.39, 0.29) is 5.91 Å². The Hall–Kier alpha value is -1.10. The molecule has 2 N–H and O–H groups in total. The lowest BCUT2D eigenvalue weighted by molar-refractivity contribution is -0.150. The van der Waals surface area contributed by atoms with Crippen molar-refractivity contribution in [3.8, 4) is 0 Å². The fourth-order valence-corrected chi connectivity index (χ4v) is 2.02. The van der Waals surface area contributed by atoms with Crippen LogP contribution in [0.4, 0.5) is 0 Å². The molecule has 0 saturated carbocycles. The summed E-state index contributed by atoms with van der Waals surface area (Å²) in [6, 6.07) is 0. The quantitative estimate of drug-likeness (QED) is 0.763. The van der Waals surface area contributed by atoms with Crippen LogP contribution in [0.15, 0.2) is 0 Å². The molecule has 2 atom stereocenters. The Labute approximate surface area is 102 Å². The van der Waals surface area contributed by atoms with Gasteiger partial charge in [-0.25, -0.2) is 4.79 Å². The summed E-state index contributed by atoms with van der Waals surface area (Å²) in [6.45, 7) is 4.01. The van der Waals surface area contributed by atoms with Gasteiger partial charge < -0.3 is 15.2 Å². The lowest BCUT2D eigenvalue weighted by Crippen LogP contribution is -2.55. The van der Waals surface area contributed by atoms with E-state index >= 15 is 0 Å². The van der Waals surface area contributed by atoms with Crippen LogP contribution >= 0.6 is 0 Å². The number of rotatable bonds is 5. The molecule has 0 aromatic carbocycles. The fourth-order valence-electron chi connectivity index (χ4n) is 2.02. The van der Waals surface area contributed by atoms with Crippen LogP contribution in [0.1, 0.15) is 46.0 Å². The second kappa shape index (κ2) is 6.00. The highest BCUT2D eigenvalue weighted by Crippen LogP contribution is 2.17. The van der Waals surface area contributed by atoms with Crippen molar-refractivity contribution in [1.82, 2.24) is 5.32 Å². The zero-order valence-electron chi connectivity index (χ0n) is 10.5. The van der Waals surface area contributed by atoms with E-state index in [1.165, 1.54) is 0 Å². The van der Waals surface area contributed by atoms with Gasteiger partial charge in [0.2, 0.25) is 5.91 Å². The zero-order chi connectivity index (χ0) is 12.9. The predicted molar refractivity (Wildman–Crippen MR) is 62.7 cm³/mol. The van der Waals surface area contributed by atoms with Gasteiger partial charge in [-0.15, -0.1) is 0 Å². The highest BCUT2D eigenvalue weighted by molar-refractivity contribution is 5.88. The second-order valence-electron chi connectivity index (χ2n) is 4.73. The Morgan fingerprint density at radius 1 is 1.47 bits per heavy atom. The van der Waals surface area contributed by atoms with Gasteiger partial charge in [0.25, 0.3) is 0 Å². The normalized spacial score (nSPS) is 23.8. The molecule has 0 bridgehead atoms. The van der Waals surface area contributed by atoms with Crippen molar-refractivity contribution in [3.63, 3.8) is 0 Å². The lowest BCUT2D eigenvalue weighted by atomic mass is 9.95. The highest BCUT2D eigenvalue weighted by Gasteiger charge is 2.36. The smallest absolute Gasteiger partial charge is 0.329 e. The molecule has 2 unspecified atom stereocenters. The first-order valence-electron chi connectivity index (χ1n) is 6.16. The van der Waals surface area contributed by atoms with E-state index in [4.69, 9.17) is 9.84 Å². The molecule has 0 aliphatic carbocycles. The predicted octanol–water partition coefficient (Wildman–Crippen LogP) is 1.32. The topological polar surface area (TPSA) is 75.6 Å². The summed E-state index contributed by atoms with van der Waals surface area (Å²) in [7, 11) is 0. The number of aliphatic carboxylic acids is 1. The third-order valence-corrected chi connectivity index (χ3v) is 3.09. The van der Waals surface area contributed by atoms with Crippen molar-refractivity contribution >= 4 is 11.9 Å². The van der Waals surface area contributed by atoms with Gasteiger partial charge in [-0.1, -0.05) is 13.3 Å². The monoisotopic (exact) mass is 243 g/mol. The van der Waals surface area contributed by atoms with Crippen LogP contribution in [-0.2, 0) is 14.3 Å². The van der Waals surface area contributed by atoms with E-state index in [0.717, 1.165) is 12.8 Å². The largest absolute Gasteiger partial charge is 0.480 e. The minimum Gasteiger partial charge on any atom is -0.480 e. The van der Waals surface area contributed by atoms with Crippen LogP contribution in [0.2, 0.25) is 0 Å². The molecule has 1 fully saturated rings. The standard InChI is InChI=1S/C12H21NO4/c1-3-7-12(2,11(15)16)13-10(14)9-6-4-5-8-17-9/h9H,3-8H2,1-2H3,(H,13,14)(H,15,16). The summed E-state index contributed by atoms with van der Waals surface area (Å²) in [5.74, 6) is -1.30. The summed E-state index contributed by atoms with van der Waals surface area (Å²) < 4.78 is 5.34. The van der Waals surface area contributed by atoms with E-state index in [0.29, 0.717) is 25.9 Å². The summed E-state index contributed by atoms with van der Waals surface area (Å²) in [4.78, 5) is 23.1. The maximum absolute atomic E-state index is 11.9. The third kappa shape index (κ3) is 3.70. The number of carboxylic acids is 1. The van der Waals surface area contributed by atoms with Crippen molar-refractivity contribution in [2.24, 2.45) is 0 Å². The summed E-state index contributed by atoms with van der Waals surface area (Å²) >= 11 is 0. The van der Waals surface area contributed by atoms with Crippen LogP contribution in [0.5, 0.6) is 0 Å². The number of hydrogen-bond acceptors (Lipinski definition) is 3. The van der Waals surface area contributed by atoms with Crippen molar-refractivity contribution in [2.75, 3.05) is 6.61 Å². The van der Waals surface area contributed by atoms with Crippen molar-refractivity contribution < 1.29 is 19.4 Å². The van der Waals surface area contributed by atoms with Gasteiger partial charge >= 0.3 is 5.97 Å². The van der Waals surface area contributed by atoms with Gasteiger partial charge in [-0.2, -0.15) is 0 Å². The molecule has 17 heavy (non-hydrogen) atoms. The molecular formula is C12H21NO4. The first kappa shape index (κ1) is 14.0. The number of carboxylic acid groups (broad SMARTS) is 1. The fraction of sp³-hybridized carbons (Fsp3) is 0.833. The molecule has 0 spiro atoms. The Balaban J connectivity index is 2.60. The number of carbonyl (C=O) groups excluding carboxylic acids is 1. The number of ether oxygens (including phenoxy) is 1. The van der Waals surface area contributed by atoms with Crippen molar-refractivity contribution in [1.29, 1.82) is 0 Å². The molecule has 5 nitrogen and oxygen atoms in total. The first-order chi connectivity index (χ1) is 7.99. The molecule has 0 aromatic rings. The minimum absolute atomic E-state index is 0.303. The maximum Gasteiger partial charge on any atom is 0.329 e. The van der Waals surface area contributed by atoms with E-state index < -0.39 is 17.6 Å². The summed E-state index contributed by atoms with van der Waals surface area (Å²) in [5.41, 5.74) is -1.19. The minimum atomic E-state index is -1.19. The molecule has 0 aromatic heterocycles. The Morgan fingerprint density at radius 2 is 2.18 bits per heavy atom. The second-order valence-corrected chi connectivity index (χ2v) is 4.73. The molecule has 1 amide bonds. The molecule has 0 radical (unpaired) electrons. The van der Waals surface area contributed by atoms with Crippen molar-refractivity contribution in [2.45, 2.75) is 57.6 Å². The molecular weight excluding hydrogens is 222 g/mol. The highest BCUT2D eigenvalue weighted by atomic mass is 16.5. The van der Waals surface area contributed by atoms with E-state index in [1.807, 2.05) is 6.92 Å². The number of carbonyl (C=O) groups is 2. The first-order valence-corrected chi connectivity index (χ1v) is 6.16. The molecule has 1 aliphatic rings. The average Bonchev–Trinajstić information content (AvgIpc) is 2.30. The van der Waals surface area contributed by atoms with E-state index in [1.54, 1.807) is 6.92 Å². The van der Waals surface area contributed by atoms with Crippen LogP contribution in [-0.4, -0.2) is 35.2 Å². The Morgan fingerprint density at radius 3 is 2.65 bits per heavy atom. The number of hydrogen-bond donors (Lipinski definition) is 2. The van der Waals surface area contributed by atoms with Gasteiger partial charge in [-0.3, -0.25) is 4.79 Å². The van der Waals surface area contributed by atoms with Crippen LogP contribution in [0, 0.1) is 0 Å². The van der Waals surface area contributed by atoms with Crippen LogP contribution in [0.3, 0.4) is 0 Å². The van der Waals surface area contributed by atoms with Gasteiger partial charge in [0.15, 0.2) is 0 Å². The molecule has 98 valence electrons. The third-order valence-electron chi connectivity index (χ3n) is 3.09. The Bertz CT molecular complexity index is 286. The SMILES string of the molecule is CCCC(C)(NC(=O)C1CCCCO1)C(=O)O. The summed E-state index contributed by atoms with van der Waals surface area (Å²) in [6.07, 6.45) is 3.23. The molecule has 5 heteroatoms. The van der Waals surface area contributed by atoms with Gasteiger partial charge in [0, 0.05) is 6.61 Å².